The summed E-state index contributed by atoms with van der Waals surface area (Å²) in [5.41, 5.74) is 1.25. The second kappa shape index (κ2) is 8.30. The molecule has 1 heterocycles. The molecular formula is C13H19ClFIN2. The molecule has 102 valence electrons. The molecule has 1 atom stereocenters. The molecule has 1 N–H and O–H groups in total. The molecule has 1 saturated heterocycles. The monoisotopic (exact) mass is 384 g/mol. The van der Waals surface area contributed by atoms with Crippen LogP contribution < -0.4 is 5.32 Å². The molecule has 0 aliphatic carbocycles. The van der Waals surface area contributed by atoms with E-state index in [0.717, 1.165) is 26.2 Å². The largest absolute Gasteiger partial charge is 0.314 e. The summed E-state index contributed by atoms with van der Waals surface area (Å²) < 4.78 is 14.0. The van der Waals surface area contributed by atoms with Crippen LogP contribution in [-0.4, -0.2) is 37.8 Å². The van der Waals surface area contributed by atoms with Crippen LogP contribution in [0.2, 0.25) is 0 Å². The molecule has 2 rings (SSSR count). The highest BCUT2D eigenvalue weighted by molar-refractivity contribution is 14.1. The number of hydrogen-bond donors (Lipinski definition) is 1. The molecule has 0 amide bonds. The average Bonchev–Trinajstić information content (AvgIpc) is 2.37. The molecule has 1 aliphatic heterocycles. The Morgan fingerprint density at radius 2 is 2.06 bits per heavy atom. The Morgan fingerprint density at radius 1 is 1.33 bits per heavy atom. The van der Waals surface area contributed by atoms with E-state index >= 15 is 0 Å². The van der Waals surface area contributed by atoms with Crippen LogP contribution in [-0.2, 0) is 0 Å². The molecule has 5 heteroatoms. The minimum Gasteiger partial charge on any atom is -0.314 e. The van der Waals surface area contributed by atoms with Crippen molar-refractivity contribution in [1.29, 1.82) is 0 Å². The van der Waals surface area contributed by atoms with Crippen molar-refractivity contribution < 1.29 is 4.39 Å². The van der Waals surface area contributed by atoms with Gasteiger partial charge in [-0.2, -0.15) is 0 Å². The summed E-state index contributed by atoms with van der Waals surface area (Å²) >= 11 is 2.31. The third kappa shape index (κ3) is 4.33. The summed E-state index contributed by atoms with van der Waals surface area (Å²) in [6, 6.07) is 8.66. The van der Waals surface area contributed by atoms with Gasteiger partial charge in [-0.15, -0.1) is 12.4 Å². The molecule has 0 spiro atoms. The highest BCUT2D eigenvalue weighted by Crippen LogP contribution is 2.26. The molecule has 0 saturated carbocycles. The topological polar surface area (TPSA) is 15.3 Å². The Hall–Kier alpha value is 0.0900. The van der Waals surface area contributed by atoms with Crippen molar-refractivity contribution in [2.75, 3.05) is 32.9 Å². The van der Waals surface area contributed by atoms with E-state index in [1.54, 1.807) is 0 Å². The number of benzene rings is 1. The van der Waals surface area contributed by atoms with Crippen LogP contribution in [0.25, 0.3) is 0 Å². The van der Waals surface area contributed by atoms with Gasteiger partial charge >= 0.3 is 0 Å². The second-order valence-corrected chi connectivity index (χ2v) is 5.58. The van der Waals surface area contributed by atoms with Crippen LogP contribution in [0, 0.1) is 3.57 Å². The van der Waals surface area contributed by atoms with Gasteiger partial charge in [0.05, 0.1) is 6.67 Å². The van der Waals surface area contributed by atoms with E-state index in [0.29, 0.717) is 6.42 Å². The lowest BCUT2D eigenvalue weighted by Gasteiger charge is -2.35. The summed E-state index contributed by atoms with van der Waals surface area (Å²) in [7, 11) is 0. The van der Waals surface area contributed by atoms with Crippen molar-refractivity contribution in [1.82, 2.24) is 10.2 Å². The lowest BCUT2D eigenvalue weighted by Crippen LogP contribution is -2.45. The predicted molar refractivity (Wildman–Crippen MR) is 84.2 cm³/mol. The molecule has 0 radical (unpaired) electrons. The van der Waals surface area contributed by atoms with E-state index in [1.165, 1.54) is 9.13 Å². The molecule has 0 unspecified atom stereocenters. The summed E-state index contributed by atoms with van der Waals surface area (Å²) in [6.45, 7) is 3.78. The van der Waals surface area contributed by atoms with E-state index < -0.39 is 0 Å². The van der Waals surface area contributed by atoms with Crippen LogP contribution in [0.3, 0.4) is 0 Å². The van der Waals surface area contributed by atoms with E-state index in [2.05, 4.69) is 57.1 Å². The van der Waals surface area contributed by atoms with E-state index in [9.17, 15) is 4.39 Å². The first-order valence-electron chi connectivity index (χ1n) is 6.07. The van der Waals surface area contributed by atoms with Crippen LogP contribution >= 0.6 is 35.0 Å². The van der Waals surface area contributed by atoms with Gasteiger partial charge in [-0.25, -0.2) is 0 Å². The minimum absolute atomic E-state index is 0. The number of piperazine rings is 1. The highest BCUT2D eigenvalue weighted by atomic mass is 127. The van der Waals surface area contributed by atoms with Gasteiger partial charge in [0.25, 0.3) is 0 Å². The first-order valence-corrected chi connectivity index (χ1v) is 7.15. The van der Waals surface area contributed by atoms with Crippen LogP contribution in [0.4, 0.5) is 4.39 Å². The Balaban J connectivity index is 0.00000162. The number of nitrogens with zero attached hydrogens (tertiary/aromatic N) is 1. The number of halogens is 3. The zero-order chi connectivity index (χ0) is 12.1. The van der Waals surface area contributed by atoms with Gasteiger partial charge in [0.1, 0.15) is 0 Å². The lowest BCUT2D eigenvalue weighted by atomic mass is 10.0. The summed E-state index contributed by atoms with van der Waals surface area (Å²) in [5.74, 6) is 0. The van der Waals surface area contributed by atoms with Gasteiger partial charge in [0.2, 0.25) is 0 Å². The van der Waals surface area contributed by atoms with E-state index in [1.807, 2.05) is 0 Å². The summed E-state index contributed by atoms with van der Waals surface area (Å²) in [4.78, 5) is 2.39. The number of nitrogens with one attached hydrogen (secondary N) is 1. The van der Waals surface area contributed by atoms with Crippen molar-refractivity contribution in [2.24, 2.45) is 0 Å². The Morgan fingerprint density at radius 3 is 2.67 bits per heavy atom. The number of alkyl halides is 1. The molecule has 1 aromatic carbocycles. The molecular weight excluding hydrogens is 366 g/mol. The lowest BCUT2D eigenvalue weighted by molar-refractivity contribution is 0.157. The normalized spacial score (nSPS) is 18.1. The van der Waals surface area contributed by atoms with Gasteiger partial charge in [0.15, 0.2) is 0 Å². The van der Waals surface area contributed by atoms with Crippen molar-refractivity contribution in [3.63, 3.8) is 0 Å². The fraction of sp³-hybridized carbons (Fsp3) is 0.538. The van der Waals surface area contributed by atoms with Crippen molar-refractivity contribution in [2.45, 2.75) is 12.5 Å². The number of hydrogen-bond acceptors (Lipinski definition) is 2. The third-order valence-corrected chi connectivity index (χ3v) is 3.88. The average molecular weight is 385 g/mol. The minimum atomic E-state index is -0.250. The molecule has 0 aromatic heterocycles. The Kier molecular flexibility index (Phi) is 7.44. The maximum Gasteiger partial charge on any atom is 0.0912 e. The van der Waals surface area contributed by atoms with Crippen molar-refractivity contribution >= 4 is 35.0 Å². The van der Waals surface area contributed by atoms with Crippen molar-refractivity contribution in [3.8, 4) is 0 Å². The van der Waals surface area contributed by atoms with Crippen molar-refractivity contribution in [3.05, 3.63) is 33.4 Å². The smallest absolute Gasteiger partial charge is 0.0912 e. The van der Waals surface area contributed by atoms with Gasteiger partial charge in [0, 0.05) is 35.8 Å². The first-order chi connectivity index (χ1) is 8.31. The predicted octanol–water partition coefficient (Wildman–Crippen LogP) is 3.02. The summed E-state index contributed by atoms with van der Waals surface area (Å²) in [6.07, 6.45) is 0.597. The number of rotatable bonds is 4. The van der Waals surface area contributed by atoms with Gasteiger partial charge < -0.3 is 5.32 Å². The zero-order valence-electron chi connectivity index (χ0n) is 10.2. The standard InChI is InChI=1S/C13H18FIN2.ClH/c14-5-4-13(17-8-6-16-7-9-17)11-2-1-3-12(15)10-11;/h1-3,10,13,16H,4-9H2;1H/t13-;/m0./s1. The van der Waals surface area contributed by atoms with E-state index in [-0.39, 0.29) is 25.1 Å². The fourth-order valence-electron chi connectivity index (χ4n) is 2.37. The van der Waals surface area contributed by atoms with E-state index in [4.69, 9.17) is 0 Å². The molecule has 1 aliphatic rings. The zero-order valence-corrected chi connectivity index (χ0v) is 13.2. The molecule has 1 fully saturated rings. The second-order valence-electron chi connectivity index (χ2n) is 4.33. The fourth-order valence-corrected chi connectivity index (χ4v) is 2.94. The maximum atomic E-state index is 12.7. The first kappa shape index (κ1) is 16.1. The molecule has 1 aromatic rings. The third-order valence-electron chi connectivity index (χ3n) is 3.21. The van der Waals surface area contributed by atoms with Crippen LogP contribution in [0.5, 0.6) is 0 Å². The van der Waals surface area contributed by atoms with Crippen LogP contribution in [0.1, 0.15) is 18.0 Å². The van der Waals surface area contributed by atoms with Gasteiger partial charge in [-0.3, -0.25) is 9.29 Å². The van der Waals surface area contributed by atoms with Gasteiger partial charge in [-0.1, -0.05) is 12.1 Å². The quantitative estimate of drug-likeness (QED) is 0.803. The Labute approximate surface area is 128 Å². The Bertz CT molecular complexity index is 359. The van der Waals surface area contributed by atoms with Gasteiger partial charge in [-0.05, 0) is 46.7 Å². The highest BCUT2D eigenvalue weighted by Gasteiger charge is 2.21. The SMILES string of the molecule is Cl.FCC[C@@H](c1cccc(I)c1)N1CCNCC1. The molecule has 18 heavy (non-hydrogen) atoms. The molecule has 2 nitrogen and oxygen atoms in total. The molecule has 0 bridgehead atoms. The summed E-state index contributed by atoms with van der Waals surface area (Å²) in [5, 5.41) is 3.34. The maximum absolute atomic E-state index is 12.7. The van der Waals surface area contributed by atoms with Crippen LogP contribution in [0.15, 0.2) is 24.3 Å².